The number of rotatable bonds is 10. The monoisotopic (exact) mass is 421 g/mol. The second-order valence-corrected chi connectivity index (χ2v) is 8.68. The maximum absolute atomic E-state index is 12.9. The minimum atomic E-state index is -1.07. The molecule has 30 heavy (non-hydrogen) atoms. The first-order chi connectivity index (χ1) is 14.1. The molecular weight excluding hydrogens is 386 g/mol. The third kappa shape index (κ3) is 5.59. The Morgan fingerprint density at radius 2 is 1.93 bits per heavy atom. The van der Waals surface area contributed by atoms with Gasteiger partial charge in [0.15, 0.2) is 5.69 Å². The summed E-state index contributed by atoms with van der Waals surface area (Å²) in [6.07, 6.45) is 1.70. The zero-order chi connectivity index (χ0) is 22.5. The minimum Gasteiger partial charge on any atom is -0.379 e. The SMILES string of the molecule is CC(C)CCNC(=O)C1(C)Cn2nc(C(=O)NCCCOC(C)C)cc2C(=O)N1C. The molecule has 9 nitrogen and oxygen atoms in total. The summed E-state index contributed by atoms with van der Waals surface area (Å²) in [7, 11) is 1.61. The Kier molecular flexibility index (Phi) is 8.00. The number of ether oxygens (including phenoxy) is 1. The predicted molar refractivity (Wildman–Crippen MR) is 113 cm³/mol. The molecule has 0 aliphatic carbocycles. The summed E-state index contributed by atoms with van der Waals surface area (Å²) >= 11 is 0. The van der Waals surface area contributed by atoms with Crippen molar-refractivity contribution in [2.24, 2.45) is 5.92 Å². The van der Waals surface area contributed by atoms with E-state index in [1.54, 1.807) is 14.0 Å². The Labute approximate surface area is 178 Å². The third-order valence-electron chi connectivity index (χ3n) is 5.29. The largest absolute Gasteiger partial charge is 0.379 e. The van der Waals surface area contributed by atoms with Gasteiger partial charge >= 0.3 is 0 Å². The lowest BCUT2D eigenvalue weighted by molar-refractivity contribution is -0.132. The highest BCUT2D eigenvalue weighted by Gasteiger charge is 2.46. The molecule has 0 radical (unpaired) electrons. The second-order valence-electron chi connectivity index (χ2n) is 8.68. The van der Waals surface area contributed by atoms with Gasteiger partial charge in [0.05, 0.1) is 12.6 Å². The van der Waals surface area contributed by atoms with Crippen LogP contribution in [-0.4, -0.2) is 70.8 Å². The molecule has 1 aromatic heterocycles. The molecular formula is C21H35N5O4. The fraction of sp³-hybridized carbons (Fsp3) is 0.714. The van der Waals surface area contributed by atoms with Crippen LogP contribution in [0.25, 0.3) is 0 Å². The highest BCUT2D eigenvalue weighted by molar-refractivity contribution is 6.01. The van der Waals surface area contributed by atoms with E-state index >= 15 is 0 Å². The topological polar surface area (TPSA) is 106 Å². The number of likely N-dealkylation sites (N-methyl/N-ethyl adjacent to an activating group) is 1. The van der Waals surface area contributed by atoms with Gasteiger partial charge in [-0.3, -0.25) is 19.1 Å². The van der Waals surface area contributed by atoms with Gasteiger partial charge in [-0.1, -0.05) is 13.8 Å². The number of hydrogen-bond donors (Lipinski definition) is 2. The Hall–Kier alpha value is -2.42. The van der Waals surface area contributed by atoms with Crippen molar-refractivity contribution in [3.05, 3.63) is 17.5 Å². The van der Waals surface area contributed by atoms with Crippen LogP contribution in [-0.2, 0) is 16.1 Å². The average molecular weight is 422 g/mol. The molecule has 168 valence electrons. The van der Waals surface area contributed by atoms with Crippen LogP contribution >= 0.6 is 0 Å². The Balaban J connectivity index is 2.04. The summed E-state index contributed by atoms with van der Waals surface area (Å²) in [5, 5.41) is 10.0. The highest BCUT2D eigenvalue weighted by atomic mass is 16.5. The van der Waals surface area contributed by atoms with Crippen molar-refractivity contribution in [3.8, 4) is 0 Å². The normalized spacial score (nSPS) is 18.7. The van der Waals surface area contributed by atoms with Crippen LogP contribution in [0, 0.1) is 5.92 Å². The molecule has 0 aromatic carbocycles. The van der Waals surface area contributed by atoms with Crippen molar-refractivity contribution in [3.63, 3.8) is 0 Å². The van der Waals surface area contributed by atoms with E-state index in [9.17, 15) is 14.4 Å². The van der Waals surface area contributed by atoms with Crippen LogP contribution in [0.15, 0.2) is 6.07 Å². The number of fused-ring (bicyclic) bond motifs is 1. The molecule has 1 aliphatic rings. The molecule has 0 saturated heterocycles. The van der Waals surface area contributed by atoms with Gasteiger partial charge in [0, 0.05) is 32.8 Å². The van der Waals surface area contributed by atoms with Crippen LogP contribution in [0.5, 0.6) is 0 Å². The van der Waals surface area contributed by atoms with Crippen molar-refractivity contribution in [2.45, 2.75) is 65.6 Å². The van der Waals surface area contributed by atoms with E-state index in [1.807, 2.05) is 13.8 Å². The first-order valence-corrected chi connectivity index (χ1v) is 10.6. The summed E-state index contributed by atoms with van der Waals surface area (Å²) in [6, 6.07) is 1.48. The first-order valence-electron chi connectivity index (χ1n) is 10.6. The lowest BCUT2D eigenvalue weighted by Crippen LogP contribution is -2.62. The molecule has 0 fully saturated rings. The van der Waals surface area contributed by atoms with E-state index in [-0.39, 0.29) is 36.1 Å². The molecule has 2 heterocycles. The van der Waals surface area contributed by atoms with Gasteiger partial charge < -0.3 is 20.3 Å². The van der Waals surface area contributed by atoms with Crippen molar-refractivity contribution in [1.29, 1.82) is 0 Å². The summed E-state index contributed by atoms with van der Waals surface area (Å²) in [5.41, 5.74) is -0.603. The van der Waals surface area contributed by atoms with Gasteiger partial charge in [-0.15, -0.1) is 0 Å². The number of carbonyl (C=O) groups excluding carboxylic acids is 3. The van der Waals surface area contributed by atoms with Crippen molar-refractivity contribution < 1.29 is 19.1 Å². The maximum Gasteiger partial charge on any atom is 0.272 e. The first kappa shape index (κ1) is 23.9. The van der Waals surface area contributed by atoms with Gasteiger partial charge in [0.1, 0.15) is 11.2 Å². The van der Waals surface area contributed by atoms with Gasteiger partial charge in [0.25, 0.3) is 11.8 Å². The predicted octanol–water partition coefficient (Wildman–Crippen LogP) is 1.43. The standard InChI is InChI=1S/C21H35N5O4/c1-14(2)8-10-23-20(29)21(5)13-26-17(19(28)25(21)6)12-16(24-26)18(27)22-9-7-11-30-15(3)4/h12,14-15H,7-11,13H2,1-6H3,(H,22,27)(H,23,29). The lowest BCUT2D eigenvalue weighted by atomic mass is 9.95. The quantitative estimate of drug-likeness (QED) is 0.556. The van der Waals surface area contributed by atoms with Crippen LogP contribution in [0.4, 0.5) is 0 Å². The van der Waals surface area contributed by atoms with Crippen molar-refractivity contribution in [1.82, 2.24) is 25.3 Å². The van der Waals surface area contributed by atoms with Gasteiger partial charge in [-0.05, 0) is 39.5 Å². The fourth-order valence-corrected chi connectivity index (χ4v) is 3.19. The second kappa shape index (κ2) is 10.1. The average Bonchev–Trinajstić information content (AvgIpc) is 3.09. The molecule has 2 N–H and O–H groups in total. The number of carbonyl (C=O) groups is 3. The molecule has 1 unspecified atom stereocenters. The van der Waals surface area contributed by atoms with Crippen molar-refractivity contribution >= 4 is 17.7 Å². The lowest BCUT2D eigenvalue weighted by Gasteiger charge is -2.40. The van der Waals surface area contributed by atoms with E-state index in [1.165, 1.54) is 15.6 Å². The molecule has 1 aromatic rings. The summed E-state index contributed by atoms with van der Waals surface area (Å²) in [5.74, 6) is -0.435. The van der Waals surface area contributed by atoms with E-state index in [4.69, 9.17) is 4.74 Å². The molecule has 0 saturated carbocycles. The van der Waals surface area contributed by atoms with Crippen LogP contribution in [0.1, 0.15) is 68.4 Å². The molecule has 3 amide bonds. The number of hydrogen-bond acceptors (Lipinski definition) is 5. The fourth-order valence-electron chi connectivity index (χ4n) is 3.19. The van der Waals surface area contributed by atoms with Crippen molar-refractivity contribution in [2.75, 3.05) is 26.7 Å². The van der Waals surface area contributed by atoms with Gasteiger partial charge in [-0.2, -0.15) is 5.10 Å². The highest BCUT2D eigenvalue weighted by Crippen LogP contribution is 2.26. The molecule has 1 aliphatic heterocycles. The van der Waals surface area contributed by atoms with Crippen LogP contribution in [0.3, 0.4) is 0 Å². The Bertz CT molecular complexity index is 773. The van der Waals surface area contributed by atoms with E-state index in [0.29, 0.717) is 37.7 Å². The Morgan fingerprint density at radius 1 is 1.23 bits per heavy atom. The van der Waals surface area contributed by atoms with Gasteiger partial charge in [-0.25, -0.2) is 0 Å². The molecule has 9 heteroatoms. The molecule has 0 spiro atoms. The van der Waals surface area contributed by atoms with Crippen LogP contribution < -0.4 is 10.6 Å². The zero-order valence-electron chi connectivity index (χ0n) is 18.9. The third-order valence-corrected chi connectivity index (χ3v) is 5.29. The van der Waals surface area contributed by atoms with Crippen LogP contribution in [0.2, 0.25) is 0 Å². The van der Waals surface area contributed by atoms with E-state index in [0.717, 1.165) is 6.42 Å². The number of nitrogens with zero attached hydrogens (tertiary/aromatic N) is 3. The van der Waals surface area contributed by atoms with Gasteiger partial charge in [0.2, 0.25) is 5.91 Å². The molecule has 1 atom stereocenters. The Morgan fingerprint density at radius 3 is 2.57 bits per heavy atom. The number of amides is 3. The van der Waals surface area contributed by atoms with E-state index < -0.39 is 5.54 Å². The maximum atomic E-state index is 12.9. The summed E-state index contributed by atoms with van der Waals surface area (Å²) in [6.45, 7) is 11.6. The number of nitrogens with one attached hydrogen (secondary N) is 2. The molecule has 0 bridgehead atoms. The minimum absolute atomic E-state index is 0.153. The smallest absolute Gasteiger partial charge is 0.272 e. The summed E-state index contributed by atoms with van der Waals surface area (Å²) in [4.78, 5) is 39.5. The molecule has 2 rings (SSSR count). The zero-order valence-corrected chi connectivity index (χ0v) is 18.9. The summed E-state index contributed by atoms with van der Waals surface area (Å²) < 4.78 is 6.91. The van der Waals surface area contributed by atoms with E-state index in [2.05, 4.69) is 29.6 Å². The number of aromatic nitrogens is 2.